The van der Waals surface area contributed by atoms with Crippen molar-refractivity contribution in [3.63, 3.8) is 0 Å². The second-order valence-corrected chi connectivity index (χ2v) is 7.18. The number of amides is 1. The van der Waals surface area contributed by atoms with E-state index in [1.165, 1.54) is 25.6 Å². The fourth-order valence-corrected chi connectivity index (χ4v) is 3.67. The summed E-state index contributed by atoms with van der Waals surface area (Å²) in [5.41, 5.74) is 0.991. The molecule has 2 aromatic heterocycles. The first-order valence-corrected chi connectivity index (χ1v) is 9.65. The van der Waals surface area contributed by atoms with Gasteiger partial charge in [-0.15, -0.1) is 0 Å². The lowest BCUT2D eigenvalue weighted by molar-refractivity contribution is -0.132. The number of nitrogens with zero attached hydrogens (tertiary/aromatic N) is 8. The Morgan fingerprint density at radius 2 is 1.78 bits per heavy atom. The molecule has 0 N–H and O–H groups in total. The van der Waals surface area contributed by atoms with Crippen LogP contribution in [0, 0.1) is 6.92 Å². The van der Waals surface area contributed by atoms with Crippen LogP contribution in [0.4, 0.5) is 11.8 Å². The molecule has 9 heteroatoms. The SMILES string of the molecule is Cc1cc(N2CCN(C(=O)Cn3cncn3)CC2)nc(N2CCCCC2)n1. The third-order valence-corrected chi connectivity index (χ3v) is 5.19. The van der Waals surface area contributed by atoms with Crippen molar-refractivity contribution in [3.8, 4) is 0 Å². The summed E-state index contributed by atoms with van der Waals surface area (Å²) in [6.45, 7) is 7.27. The standard InChI is InChI=1S/C18H26N8O/c1-15-11-16(22-18(21-15)25-5-3-2-4-6-25)23-7-9-24(10-8-23)17(27)12-26-14-19-13-20-26/h11,13-14H,2-10,12H2,1H3. The largest absolute Gasteiger partial charge is 0.353 e. The van der Waals surface area contributed by atoms with Crippen molar-refractivity contribution < 1.29 is 4.79 Å². The minimum Gasteiger partial charge on any atom is -0.353 e. The zero-order valence-electron chi connectivity index (χ0n) is 15.8. The van der Waals surface area contributed by atoms with Crippen LogP contribution >= 0.6 is 0 Å². The highest BCUT2D eigenvalue weighted by Gasteiger charge is 2.23. The number of hydrogen-bond donors (Lipinski definition) is 0. The zero-order valence-corrected chi connectivity index (χ0v) is 15.8. The van der Waals surface area contributed by atoms with Gasteiger partial charge in [-0.25, -0.2) is 14.6 Å². The van der Waals surface area contributed by atoms with Crippen LogP contribution in [0.25, 0.3) is 0 Å². The van der Waals surface area contributed by atoms with Crippen LogP contribution < -0.4 is 9.80 Å². The molecule has 0 unspecified atom stereocenters. The molecule has 2 aliphatic rings. The molecule has 4 rings (SSSR count). The van der Waals surface area contributed by atoms with Crippen molar-refractivity contribution in [2.45, 2.75) is 32.7 Å². The molecule has 144 valence electrons. The second-order valence-electron chi connectivity index (χ2n) is 7.18. The van der Waals surface area contributed by atoms with Crippen molar-refractivity contribution >= 4 is 17.7 Å². The van der Waals surface area contributed by atoms with Gasteiger partial charge in [-0.1, -0.05) is 0 Å². The number of anilines is 2. The van der Waals surface area contributed by atoms with Gasteiger partial charge in [-0.2, -0.15) is 10.1 Å². The van der Waals surface area contributed by atoms with Gasteiger partial charge >= 0.3 is 0 Å². The summed E-state index contributed by atoms with van der Waals surface area (Å²) in [7, 11) is 0. The quantitative estimate of drug-likeness (QED) is 0.784. The summed E-state index contributed by atoms with van der Waals surface area (Å²) in [5, 5.41) is 4.00. The van der Waals surface area contributed by atoms with E-state index in [4.69, 9.17) is 4.98 Å². The molecule has 1 amide bonds. The number of aryl methyl sites for hydroxylation is 1. The predicted molar refractivity (Wildman–Crippen MR) is 102 cm³/mol. The van der Waals surface area contributed by atoms with Crippen LogP contribution in [0.15, 0.2) is 18.7 Å². The molecule has 2 aliphatic heterocycles. The molecule has 9 nitrogen and oxygen atoms in total. The first kappa shape index (κ1) is 17.7. The Labute approximate surface area is 159 Å². The third kappa shape index (κ3) is 4.17. The summed E-state index contributed by atoms with van der Waals surface area (Å²) in [5.74, 6) is 1.88. The highest BCUT2D eigenvalue weighted by Crippen LogP contribution is 2.21. The van der Waals surface area contributed by atoms with Crippen LogP contribution in [-0.4, -0.2) is 74.8 Å². The van der Waals surface area contributed by atoms with Crippen molar-refractivity contribution in [1.82, 2.24) is 29.6 Å². The number of hydrogen-bond acceptors (Lipinski definition) is 7. The van der Waals surface area contributed by atoms with E-state index in [1.54, 1.807) is 11.0 Å². The van der Waals surface area contributed by atoms with Gasteiger partial charge in [0.2, 0.25) is 11.9 Å². The van der Waals surface area contributed by atoms with E-state index >= 15 is 0 Å². The lowest BCUT2D eigenvalue weighted by Crippen LogP contribution is -2.50. The summed E-state index contributed by atoms with van der Waals surface area (Å²) < 4.78 is 1.56. The lowest BCUT2D eigenvalue weighted by atomic mass is 10.1. The molecule has 0 radical (unpaired) electrons. The van der Waals surface area contributed by atoms with Crippen LogP contribution in [0.3, 0.4) is 0 Å². The molecule has 2 saturated heterocycles. The monoisotopic (exact) mass is 370 g/mol. The van der Waals surface area contributed by atoms with Gasteiger partial charge in [-0.3, -0.25) is 4.79 Å². The molecular formula is C18H26N8O. The fourth-order valence-electron chi connectivity index (χ4n) is 3.67. The number of piperazine rings is 1. The number of aromatic nitrogens is 5. The Hall–Kier alpha value is -2.71. The predicted octanol–water partition coefficient (Wildman–Crippen LogP) is 0.716. The Morgan fingerprint density at radius 3 is 2.48 bits per heavy atom. The highest BCUT2D eigenvalue weighted by atomic mass is 16.2. The summed E-state index contributed by atoms with van der Waals surface area (Å²) in [4.78, 5) is 32.2. The van der Waals surface area contributed by atoms with Gasteiger partial charge in [0, 0.05) is 51.0 Å². The average molecular weight is 370 g/mol. The van der Waals surface area contributed by atoms with Crippen LogP contribution in [0.2, 0.25) is 0 Å². The highest BCUT2D eigenvalue weighted by molar-refractivity contribution is 5.76. The molecule has 0 atom stereocenters. The van der Waals surface area contributed by atoms with Gasteiger partial charge in [-0.05, 0) is 26.2 Å². The molecule has 0 saturated carbocycles. The minimum atomic E-state index is 0.0769. The number of piperidine rings is 1. The molecule has 0 aliphatic carbocycles. The number of rotatable bonds is 4. The maximum atomic E-state index is 12.4. The Bertz CT molecular complexity index is 764. The van der Waals surface area contributed by atoms with Crippen LogP contribution in [-0.2, 0) is 11.3 Å². The molecule has 0 spiro atoms. The number of carbonyl (C=O) groups is 1. The number of carbonyl (C=O) groups excluding carboxylic acids is 1. The smallest absolute Gasteiger partial charge is 0.244 e. The molecule has 4 heterocycles. The minimum absolute atomic E-state index is 0.0769. The summed E-state index contributed by atoms with van der Waals surface area (Å²) >= 11 is 0. The third-order valence-electron chi connectivity index (χ3n) is 5.19. The first-order chi connectivity index (χ1) is 13.2. The zero-order chi connectivity index (χ0) is 18.6. The van der Waals surface area contributed by atoms with E-state index in [2.05, 4.69) is 24.9 Å². The van der Waals surface area contributed by atoms with Gasteiger partial charge < -0.3 is 14.7 Å². The van der Waals surface area contributed by atoms with Crippen molar-refractivity contribution in [1.29, 1.82) is 0 Å². The fraction of sp³-hybridized carbons (Fsp3) is 0.611. The molecule has 2 fully saturated rings. The summed E-state index contributed by atoms with van der Waals surface area (Å²) in [6.07, 6.45) is 6.72. The van der Waals surface area contributed by atoms with Gasteiger partial charge in [0.05, 0.1) is 0 Å². The van der Waals surface area contributed by atoms with E-state index in [0.29, 0.717) is 13.1 Å². The van der Waals surface area contributed by atoms with Gasteiger partial charge in [0.15, 0.2) is 0 Å². The second kappa shape index (κ2) is 7.89. The van der Waals surface area contributed by atoms with E-state index in [0.717, 1.165) is 43.6 Å². The lowest BCUT2D eigenvalue weighted by Gasteiger charge is -2.36. The van der Waals surface area contributed by atoms with Crippen LogP contribution in [0.5, 0.6) is 0 Å². The van der Waals surface area contributed by atoms with Gasteiger partial charge in [0.1, 0.15) is 25.0 Å². The van der Waals surface area contributed by atoms with Crippen molar-refractivity contribution in [3.05, 3.63) is 24.4 Å². The van der Waals surface area contributed by atoms with E-state index in [-0.39, 0.29) is 12.5 Å². The average Bonchev–Trinajstić information content (AvgIpc) is 3.21. The molecular weight excluding hydrogens is 344 g/mol. The van der Waals surface area contributed by atoms with E-state index in [9.17, 15) is 4.79 Å². The first-order valence-electron chi connectivity index (χ1n) is 9.65. The van der Waals surface area contributed by atoms with Crippen molar-refractivity contribution in [2.75, 3.05) is 49.1 Å². The molecule has 0 aromatic carbocycles. The maximum Gasteiger partial charge on any atom is 0.244 e. The Kier molecular flexibility index (Phi) is 5.17. The van der Waals surface area contributed by atoms with E-state index < -0.39 is 0 Å². The van der Waals surface area contributed by atoms with Crippen molar-refractivity contribution in [2.24, 2.45) is 0 Å². The van der Waals surface area contributed by atoms with Crippen LogP contribution in [0.1, 0.15) is 25.0 Å². The topological polar surface area (TPSA) is 83.3 Å². The Balaban J connectivity index is 1.39. The molecule has 2 aromatic rings. The summed E-state index contributed by atoms with van der Waals surface area (Å²) in [6, 6.07) is 2.04. The van der Waals surface area contributed by atoms with E-state index in [1.807, 2.05) is 17.9 Å². The Morgan fingerprint density at radius 1 is 1.00 bits per heavy atom. The molecule has 0 bridgehead atoms. The van der Waals surface area contributed by atoms with Gasteiger partial charge in [0.25, 0.3) is 0 Å². The molecule has 27 heavy (non-hydrogen) atoms. The maximum absolute atomic E-state index is 12.4. The normalized spacial score (nSPS) is 18.0.